The van der Waals surface area contributed by atoms with E-state index in [0.29, 0.717) is 31.9 Å². The summed E-state index contributed by atoms with van der Waals surface area (Å²) in [6.45, 7) is 10.7. The largest absolute Gasteiger partial charge is 0.363 e. The average molecular weight is 472 g/mol. The van der Waals surface area contributed by atoms with Gasteiger partial charge in [0, 0.05) is 45.1 Å². The lowest BCUT2D eigenvalue weighted by molar-refractivity contribution is 0.137. The Kier molecular flexibility index (Phi) is 7.68. The van der Waals surface area contributed by atoms with Crippen molar-refractivity contribution in [3.8, 4) is 0 Å². The number of nitrogens with zero attached hydrogens (tertiary/aromatic N) is 6. The van der Waals surface area contributed by atoms with Crippen molar-refractivity contribution in [2.45, 2.75) is 25.6 Å². The highest BCUT2D eigenvalue weighted by Gasteiger charge is 2.33. The normalized spacial score (nSPS) is 15.5. The minimum atomic E-state index is -0.0431. The Morgan fingerprint density at radius 2 is 1.97 bits per heavy atom. The molecule has 35 heavy (non-hydrogen) atoms. The Hall–Kier alpha value is -3.83. The smallest absolute Gasteiger partial charge is 0.320 e. The van der Waals surface area contributed by atoms with E-state index in [2.05, 4.69) is 36.7 Å². The number of carbonyl (C=O) groups excluding carboxylic acids is 1. The summed E-state index contributed by atoms with van der Waals surface area (Å²) in [5, 5.41) is 0. The zero-order valence-electron chi connectivity index (χ0n) is 20.7. The number of benzene rings is 2. The fraction of sp³-hybridized carbons (Fsp3) is 0.370. The maximum absolute atomic E-state index is 13.8. The molecule has 0 saturated carbocycles. The molecule has 1 aliphatic rings. The highest BCUT2D eigenvalue weighted by atomic mass is 16.2. The number of nitrogens with one attached hydrogen (secondary N) is 1. The number of H-pyrrole nitrogens is 1. The topological polar surface area (TPSA) is 63.1 Å². The first-order valence-electron chi connectivity index (χ1n) is 11.9. The summed E-state index contributed by atoms with van der Waals surface area (Å²) in [7, 11) is 5.89. The summed E-state index contributed by atoms with van der Waals surface area (Å²) in [5.41, 5.74) is 4.83. The van der Waals surface area contributed by atoms with Crippen molar-refractivity contribution in [1.29, 1.82) is 0 Å². The molecule has 2 heterocycles. The second-order valence-electron chi connectivity index (χ2n) is 9.36. The van der Waals surface area contributed by atoms with Gasteiger partial charge in [-0.3, -0.25) is 0 Å². The molecule has 0 unspecified atom stereocenters. The number of aromatic nitrogens is 2. The molecule has 4 rings (SSSR count). The van der Waals surface area contributed by atoms with Crippen molar-refractivity contribution in [2.24, 2.45) is 0 Å². The fourth-order valence-electron chi connectivity index (χ4n) is 4.52. The van der Waals surface area contributed by atoms with Gasteiger partial charge in [-0.25, -0.2) is 14.6 Å². The van der Waals surface area contributed by atoms with Gasteiger partial charge < -0.3 is 24.6 Å². The molecule has 0 spiro atoms. The lowest BCUT2D eigenvalue weighted by Crippen LogP contribution is -2.51. The third kappa shape index (κ3) is 6.00. The zero-order valence-corrected chi connectivity index (χ0v) is 20.7. The van der Waals surface area contributed by atoms with E-state index < -0.39 is 0 Å². The van der Waals surface area contributed by atoms with E-state index in [9.17, 15) is 4.79 Å². The van der Waals surface area contributed by atoms with Gasteiger partial charge in [-0.15, -0.1) is 0 Å². The van der Waals surface area contributed by atoms with E-state index in [4.69, 9.17) is 6.57 Å². The summed E-state index contributed by atoms with van der Waals surface area (Å²) in [6, 6.07) is 16.1. The summed E-state index contributed by atoms with van der Waals surface area (Å²) >= 11 is 0. The maximum atomic E-state index is 13.8. The maximum Gasteiger partial charge on any atom is 0.320 e. The van der Waals surface area contributed by atoms with Gasteiger partial charge in [0.05, 0.1) is 31.2 Å². The van der Waals surface area contributed by atoms with Crippen LogP contribution in [0.1, 0.15) is 16.8 Å². The van der Waals surface area contributed by atoms with Crippen LogP contribution in [0.5, 0.6) is 0 Å². The molecule has 1 atom stereocenters. The quantitative estimate of drug-likeness (QED) is 0.529. The highest BCUT2D eigenvalue weighted by Crippen LogP contribution is 2.33. The second kappa shape index (κ2) is 11.1. The van der Waals surface area contributed by atoms with E-state index in [1.54, 1.807) is 11.2 Å². The first kappa shape index (κ1) is 24.3. The average Bonchev–Trinajstić information content (AvgIpc) is 3.33. The molecule has 1 aliphatic heterocycles. The standard InChI is InChI=1S/C27H33N7O/c1-28-23-10-11-26-22(15-23)17-34(27(35)32(4)13-12-31(2)3)25(14-21-8-6-5-7-9-21)19-33(26)18-24-16-29-20-30-24/h5-11,15-16,20,25H,12-14,17-19H2,2-4H3,(H,29,30)/t25-/m1/s1. The number of aromatic amines is 1. The van der Waals surface area contributed by atoms with Gasteiger partial charge in [-0.2, -0.15) is 0 Å². The number of hydrogen-bond donors (Lipinski definition) is 1. The number of fused-ring (bicyclic) bond motifs is 1. The Morgan fingerprint density at radius 1 is 1.17 bits per heavy atom. The molecule has 0 bridgehead atoms. The molecule has 1 aromatic heterocycles. The molecule has 0 aliphatic carbocycles. The van der Waals surface area contributed by atoms with Crippen LogP contribution < -0.4 is 4.90 Å². The molecule has 8 nitrogen and oxygen atoms in total. The number of carbonyl (C=O) groups is 1. The summed E-state index contributed by atoms with van der Waals surface area (Å²) in [5.74, 6) is 0. The molecule has 3 aromatic rings. The van der Waals surface area contributed by atoms with Gasteiger partial charge >= 0.3 is 6.03 Å². The number of urea groups is 1. The zero-order chi connectivity index (χ0) is 24.8. The first-order chi connectivity index (χ1) is 16.9. The predicted molar refractivity (Wildman–Crippen MR) is 138 cm³/mol. The first-order valence-corrected chi connectivity index (χ1v) is 11.9. The van der Waals surface area contributed by atoms with E-state index in [1.165, 1.54) is 5.56 Å². The molecule has 0 radical (unpaired) electrons. The minimum absolute atomic E-state index is 0.00957. The van der Waals surface area contributed by atoms with Crippen molar-refractivity contribution in [2.75, 3.05) is 45.7 Å². The molecule has 8 heteroatoms. The molecule has 2 aromatic carbocycles. The van der Waals surface area contributed by atoms with Crippen molar-refractivity contribution < 1.29 is 4.79 Å². The van der Waals surface area contributed by atoms with Crippen LogP contribution in [0.25, 0.3) is 4.85 Å². The van der Waals surface area contributed by atoms with Gasteiger partial charge in [-0.05, 0) is 43.8 Å². The van der Waals surface area contributed by atoms with E-state index in [-0.39, 0.29) is 12.1 Å². The Morgan fingerprint density at radius 3 is 2.66 bits per heavy atom. The van der Waals surface area contributed by atoms with E-state index in [1.807, 2.05) is 68.6 Å². The number of anilines is 1. The molecule has 1 N–H and O–H groups in total. The molecular weight excluding hydrogens is 438 g/mol. The van der Waals surface area contributed by atoms with Crippen LogP contribution >= 0.6 is 0 Å². The third-order valence-corrected chi connectivity index (χ3v) is 6.43. The lowest BCUT2D eigenvalue weighted by atomic mass is 10.0. The van der Waals surface area contributed by atoms with Gasteiger partial charge in [0.2, 0.25) is 0 Å². The Labute approximate surface area is 207 Å². The monoisotopic (exact) mass is 471 g/mol. The van der Waals surface area contributed by atoms with Crippen LogP contribution in [-0.4, -0.2) is 77.5 Å². The SMILES string of the molecule is [C-]#[N+]c1ccc2c(c1)CN(C(=O)N(C)CCN(C)C)[C@H](Cc1ccccc1)CN2Cc1cnc[nH]1. The van der Waals surface area contributed by atoms with Crippen molar-refractivity contribution in [3.05, 3.63) is 89.3 Å². The van der Waals surface area contributed by atoms with Crippen LogP contribution in [0.15, 0.2) is 61.1 Å². The van der Waals surface area contributed by atoms with Crippen molar-refractivity contribution in [1.82, 2.24) is 24.7 Å². The van der Waals surface area contributed by atoms with E-state index in [0.717, 1.165) is 29.9 Å². The summed E-state index contributed by atoms with van der Waals surface area (Å²) in [6.07, 6.45) is 4.27. The van der Waals surface area contributed by atoms with Gasteiger partial charge in [0.1, 0.15) is 0 Å². The van der Waals surface area contributed by atoms with Crippen LogP contribution in [0.4, 0.5) is 16.2 Å². The van der Waals surface area contributed by atoms with Crippen LogP contribution in [0.3, 0.4) is 0 Å². The molecule has 0 saturated heterocycles. The highest BCUT2D eigenvalue weighted by molar-refractivity contribution is 5.76. The number of likely N-dealkylation sites (N-methyl/N-ethyl adjacent to an activating group) is 2. The number of hydrogen-bond acceptors (Lipinski definition) is 4. The van der Waals surface area contributed by atoms with Crippen LogP contribution in [0.2, 0.25) is 0 Å². The molecular formula is C27H33N7O. The molecule has 0 fully saturated rings. The van der Waals surface area contributed by atoms with Crippen LogP contribution in [-0.2, 0) is 19.5 Å². The number of imidazole rings is 1. The van der Waals surface area contributed by atoms with E-state index >= 15 is 0 Å². The summed E-state index contributed by atoms with van der Waals surface area (Å²) in [4.78, 5) is 33.0. The number of rotatable bonds is 7. The number of amides is 2. The molecule has 2 amide bonds. The summed E-state index contributed by atoms with van der Waals surface area (Å²) < 4.78 is 0. The van der Waals surface area contributed by atoms with Crippen LogP contribution in [0, 0.1) is 6.57 Å². The Balaban J connectivity index is 1.71. The minimum Gasteiger partial charge on any atom is -0.363 e. The van der Waals surface area contributed by atoms with Crippen molar-refractivity contribution in [3.63, 3.8) is 0 Å². The molecule has 182 valence electrons. The van der Waals surface area contributed by atoms with Gasteiger partial charge in [0.15, 0.2) is 5.69 Å². The van der Waals surface area contributed by atoms with Gasteiger partial charge in [-0.1, -0.05) is 36.4 Å². The second-order valence-corrected chi connectivity index (χ2v) is 9.36. The van der Waals surface area contributed by atoms with Crippen molar-refractivity contribution >= 4 is 17.4 Å². The third-order valence-electron chi connectivity index (χ3n) is 6.43. The Bertz CT molecular complexity index is 1150. The lowest BCUT2D eigenvalue weighted by Gasteiger charge is -2.35. The fourth-order valence-corrected chi connectivity index (χ4v) is 4.52. The van der Waals surface area contributed by atoms with Gasteiger partial charge in [0.25, 0.3) is 0 Å². The predicted octanol–water partition coefficient (Wildman–Crippen LogP) is 4.01.